The minimum Gasteiger partial charge on any atom is -0.495 e. The van der Waals surface area contributed by atoms with Crippen molar-refractivity contribution in [1.29, 1.82) is 0 Å². The Kier molecular flexibility index (Phi) is 7.05. The summed E-state index contributed by atoms with van der Waals surface area (Å²) in [6, 6.07) is 4.22. The van der Waals surface area contributed by atoms with Crippen molar-refractivity contribution in [2.45, 2.75) is 29.9 Å². The van der Waals surface area contributed by atoms with Crippen LogP contribution in [0.2, 0.25) is 0 Å². The average molecular weight is 515 g/mol. The standard InChI is InChI=1S/C21H25F3N6O4S/c1-3-6-26-18-17-13(21(22,23)24)10-27-19(17)30-20(29-18)28-14-5-4-12(9-15(14)33-2)35(31,32)16-11-25-7-8-34-16/h4-5,9-10,16,25H,3,6-8,11H2,1-2H3,(H3,26,27,28,29,30). The molecule has 1 saturated heterocycles. The number of aromatic amines is 1. The summed E-state index contributed by atoms with van der Waals surface area (Å²) < 4.78 is 77.0. The third-order valence-electron chi connectivity index (χ3n) is 5.37. The van der Waals surface area contributed by atoms with Crippen molar-refractivity contribution in [3.05, 3.63) is 30.0 Å². The molecule has 3 heterocycles. The molecule has 1 unspecified atom stereocenters. The lowest BCUT2D eigenvalue weighted by Crippen LogP contribution is -2.43. The van der Waals surface area contributed by atoms with Crippen LogP contribution in [0.15, 0.2) is 29.3 Å². The van der Waals surface area contributed by atoms with Gasteiger partial charge in [0.15, 0.2) is 5.44 Å². The summed E-state index contributed by atoms with van der Waals surface area (Å²) >= 11 is 0. The zero-order chi connectivity index (χ0) is 25.2. The summed E-state index contributed by atoms with van der Waals surface area (Å²) in [7, 11) is -2.42. The SMILES string of the molecule is CCCNc1nc(Nc2ccc(S(=O)(=O)C3CNCCO3)cc2OC)nc2[nH]cc(C(F)(F)F)c12. The Labute approximate surface area is 199 Å². The molecule has 35 heavy (non-hydrogen) atoms. The van der Waals surface area contributed by atoms with Crippen LogP contribution in [0.3, 0.4) is 0 Å². The minimum atomic E-state index is -4.58. The van der Waals surface area contributed by atoms with Crippen LogP contribution < -0.4 is 20.7 Å². The van der Waals surface area contributed by atoms with Crippen LogP contribution in [0.4, 0.5) is 30.6 Å². The van der Waals surface area contributed by atoms with Crippen molar-refractivity contribution in [2.75, 3.05) is 44.0 Å². The fourth-order valence-electron chi connectivity index (χ4n) is 3.65. The summed E-state index contributed by atoms with van der Waals surface area (Å²) in [6.45, 7) is 3.30. The number of nitrogens with zero attached hydrogens (tertiary/aromatic N) is 2. The first-order chi connectivity index (χ1) is 16.6. The van der Waals surface area contributed by atoms with Gasteiger partial charge in [0.05, 0.1) is 35.2 Å². The molecular formula is C21H25F3N6O4S. The van der Waals surface area contributed by atoms with Crippen LogP contribution in [0.25, 0.3) is 11.0 Å². The number of fused-ring (bicyclic) bond motifs is 1. The Morgan fingerprint density at radius 2 is 2.09 bits per heavy atom. The molecule has 2 aromatic heterocycles. The molecule has 0 radical (unpaired) electrons. The van der Waals surface area contributed by atoms with E-state index in [0.717, 1.165) is 6.20 Å². The largest absolute Gasteiger partial charge is 0.495 e. The molecule has 0 saturated carbocycles. The first kappa shape index (κ1) is 25.0. The number of aromatic nitrogens is 3. The maximum Gasteiger partial charge on any atom is 0.418 e. The fraction of sp³-hybridized carbons (Fsp3) is 0.429. The molecule has 1 aliphatic rings. The van der Waals surface area contributed by atoms with Crippen LogP contribution in [0.5, 0.6) is 5.75 Å². The quantitative estimate of drug-likeness (QED) is 0.358. The second kappa shape index (κ2) is 9.87. The maximum absolute atomic E-state index is 13.5. The molecule has 14 heteroatoms. The van der Waals surface area contributed by atoms with E-state index in [1.165, 1.54) is 25.3 Å². The monoisotopic (exact) mass is 514 g/mol. The lowest BCUT2D eigenvalue weighted by atomic mass is 10.2. The van der Waals surface area contributed by atoms with E-state index in [2.05, 4.69) is 30.9 Å². The minimum absolute atomic E-state index is 0.000369. The lowest BCUT2D eigenvalue weighted by molar-refractivity contribution is -0.136. The van der Waals surface area contributed by atoms with E-state index in [1.54, 1.807) is 0 Å². The van der Waals surface area contributed by atoms with Gasteiger partial charge >= 0.3 is 6.18 Å². The van der Waals surface area contributed by atoms with E-state index in [4.69, 9.17) is 9.47 Å². The van der Waals surface area contributed by atoms with Crippen molar-refractivity contribution >= 4 is 38.3 Å². The number of alkyl halides is 3. The highest BCUT2D eigenvalue weighted by Crippen LogP contribution is 2.38. The molecule has 0 spiro atoms. The van der Waals surface area contributed by atoms with Gasteiger partial charge in [0.25, 0.3) is 0 Å². The Bertz CT molecular complexity index is 1310. The van der Waals surface area contributed by atoms with Crippen molar-refractivity contribution in [1.82, 2.24) is 20.3 Å². The summed E-state index contributed by atoms with van der Waals surface area (Å²) in [5.74, 6) is 0.206. The number of H-pyrrole nitrogens is 1. The van der Waals surface area contributed by atoms with Gasteiger partial charge in [0.1, 0.15) is 17.2 Å². The number of morpholine rings is 1. The highest BCUT2D eigenvalue weighted by atomic mass is 32.2. The molecular weight excluding hydrogens is 489 g/mol. The van der Waals surface area contributed by atoms with Gasteiger partial charge in [0, 0.05) is 31.9 Å². The number of rotatable bonds is 8. The summed E-state index contributed by atoms with van der Waals surface area (Å²) in [4.78, 5) is 11.0. The van der Waals surface area contributed by atoms with Crippen LogP contribution in [-0.4, -0.2) is 62.2 Å². The van der Waals surface area contributed by atoms with Crippen LogP contribution in [-0.2, 0) is 20.8 Å². The van der Waals surface area contributed by atoms with Crippen LogP contribution in [0.1, 0.15) is 18.9 Å². The molecule has 4 rings (SSSR count). The van der Waals surface area contributed by atoms with Gasteiger partial charge in [-0.25, -0.2) is 8.42 Å². The molecule has 0 amide bonds. The van der Waals surface area contributed by atoms with Gasteiger partial charge in [-0.05, 0) is 18.6 Å². The number of methoxy groups -OCH3 is 1. The molecule has 190 valence electrons. The molecule has 0 bridgehead atoms. The van der Waals surface area contributed by atoms with Gasteiger partial charge in [-0.3, -0.25) is 0 Å². The van der Waals surface area contributed by atoms with E-state index >= 15 is 0 Å². The van der Waals surface area contributed by atoms with E-state index < -0.39 is 27.0 Å². The highest BCUT2D eigenvalue weighted by Gasteiger charge is 2.36. The Morgan fingerprint density at radius 1 is 1.29 bits per heavy atom. The molecule has 10 nitrogen and oxygen atoms in total. The molecule has 0 aliphatic carbocycles. The average Bonchev–Trinajstić information content (AvgIpc) is 3.28. The van der Waals surface area contributed by atoms with E-state index in [9.17, 15) is 21.6 Å². The predicted octanol–water partition coefficient (Wildman–Crippen LogP) is 3.27. The van der Waals surface area contributed by atoms with Gasteiger partial charge < -0.3 is 30.4 Å². The zero-order valence-corrected chi connectivity index (χ0v) is 19.8. The van der Waals surface area contributed by atoms with Gasteiger partial charge in [-0.1, -0.05) is 6.92 Å². The normalized spacial score (nSPS) is 16.9. The van der Waals surface area contributed by atoms with E-state index in [1.807, 2.05) is 6.92 Å². The van der Waals surface area contributed by atoms with Gasteiger partial charge in [-0.15, -0.1) is 0 Å². The summed E-state index contributed by atoms with van der Waals surface area (Å²) in [6.07, 6.45) is -3.06. The molecule has 1 aromatic carbocycles. The zero-order valence-electron chi connectivity index (χ0n) is 19.0. The maximum atomic E-state index is 13.5. The first-order valence-electron chi connectivity index (χ1n) is 10.9. The highest BCUT2D eigenvalue weighted by molar-refractivity contribution is 7.92. The molecule has 4 N–H and O–H groups in total. The molecule has 3 aromatic rings. The number of anilines is 3. The van der Waals surface area contributed by atoms with Crippen molar-refractivity contribution < 1.29 is 31.1 Å². The summed E-state index contributed by atoms with van der Waals surface area (Å²) in [5.41, 5.74) is -1.57. The first-order valence-corrected chi connectivity index (χ1v) is 12.4. The second-order valence-corrected chi connectivity index (χ2v) is 9.87. The lowest BCUT2D eigenvalue weighted by Gasteiger charge is -2.24. The number of hydrogen-bond acceptors (Lipinski definition) is 9. The van der Waals surface area contributed by atoms with E-state index in [0.29, 0.717) is 25.2 Å². The van der Waals surface area contributed by atoms with Gasteiger partial charge in [0.2, 0.25) is 15.8 Å². The van der Waals surface area contributed by atoms with Crippen molar-refractivity contribution in [2.24, 2.45) is 0 Å². The van der Waals surface area contributed by atoms with Crippen molar-refractivity contribution in [3.8, 4) is 5.75 Å². The molecule has 1 aliphatic heterocycles. The number of hydrogen-bond donors (Lipinski definition) is 4. The number of ether oxygens (including phenoxy) is 2. The number of sulfone groups is 1. The predicted molar refractivity (Wildman–Crippen MR) is 124 cm³/mol. The van der Waals surface area contributed by atoms with Crippen LogP contribution >= 0.6 is 0 Å². The summed E-state index contributed by atoms with van der Waals surface area (Å²) in [5, 5.41) is 8.65. The van der Waals surface area contributed by atoms with Crippen LogP contribution in [0, 0.1) is 0 Å². The smallest absolute Gasteiger partial charge is 0.418 e. The molecule has 1 atom stereocenters. The Hall–Kier alpha value is -3.10. The number of nitrogens with one attached hydrogen (secondary N) is 4. The topological polar surface area (TPSA) is 130 Å². The number of halogens is 3. The van der Waals surface area contributed by atoms with Crippen molar-refractivity contribution in [3.63, 3.8) is 0 Å². The van der Waals surface area contributed by atoms with E-state index in [-0.39, 0.29) is 46.6 Å². The van der Waals surface area contributed by atoms with Gasteiger partial charge in [-0.2, -0.15) is 23.1 Å². The molecule has 1 fully saturated rings. The third kappa shape index (κ3) is 5.13. The fourth-order valence-corrected chi connectivity index (χ4v) is 5.09. The Balaban J connectivity index is 1.69. The Morgan fingerprint density at radius 3 is 2.74 bits per heavy atom. The number of benzene rings is 1. The second-order valence-electron chi connectivity index (χ2n) is 7.78. The third-order valence-corrected chi connectivity index (χ3v) is 7.27.